The zero-order chi connectivity index (χ0) is 20.9. The molecule has 156 valence electrons. The molecule has 0 radical (unpaired) electrons. The maximum absolute atomic E-state index is 13.1. The molecule has 0 unspecified atom stereocenters. The summed E-state index contributed by atoms with van der Waals surface area (Å²) in [4.78, 5) is 17.3. The van der Waals surface area contributed by atoms with Gasteiger partial charge in [-0.15, -0.1) is 0 Å². The van der Waals surface area contributed by atoms with Crippen LogP contribution < -0.4 is 4.72 Å². The van der Waals surface area contributed by atoms with Crippen LogP contribution in [0.5, 0.6) is 0 Å². The van der Waals surface area contributed by atoms with Gasteiger partial charge in [0.15, 0.2) is 0 Å². The average Bonchev–Trinajstić information content (AvgIpc) is 3.20. The number of rotatable bonds is 8. The first-order valence-electron chi connectivity index (χ1n) is 9.92. The first-order chi connectivity index (χ1) is 13.8. The third-order valence-corrected chi connectivity index (χ3v) is 5.92. The molecule has 1 atom stereocenters. The number of nitrogens with zero attached hydrogens (tertiary/aromatic N) is 2. The van der Waals surface area contributed by atoms with E-state index in [0.717, 1.165) is 31.5 Å². The van der Waals surface area contributed by atoms with Crippen molar-refractivity contribution in [3.8, 4) is 0 Å². The zero-order valence-corrected chi connectivity index (χ0v) is 17.9. The normalized spacial score (nSPS) is 15.8. The van der Waals surface area contributed by atoms with Crippen molar-refractivity contribution in [2.24, 2.45) is 0 Å². The van der Waals surface area contributed by atoms with Crippen molar-refractivity contribution in [1.82, 2.24) is 9.80 Å². The molecule has 2 aromatic carbocycles. The number of sulfonamides is 1. The number of likely N-dealkylation sites (tertiary alicyclic amines) is 1. The Balaban J connectivity index is 1.79. The number of hydrogen-bond acceptors (Lipinski definition) is 4. The molecule has 0 aromatic heterocycles. The second-order valence-corrected chi connectivity index (χ2v) is 9.40. The van der Waals surface area contributed by atoms with Crippen LogP contribution in [0, 0.1) is 0 Å². The molecule has 1 saturated heterocycles. The van der Waals surface area contributed by atoms with Gasteiger partial charge in [0.25, 0.3) is 0 Å². The van der Waals surface area contributed by atoms with Gasteiger partial charge in [-0.3, -0.25) is 9.52 Å². The molecule has 1 heterocycles. The second-order valence-electron chi connectivity index (χ2n) is 7.65. The molecule has 2 aromatic rings. The van der Waals surface area contributed by atoms with Crippen LogP contribution in [0.2, 0.25) is 0 Å². The number of para-hydroxylation sites is 1. The SMILES string of the molecule is CN(C(=O)Cc1ccccc1NS(C)(=O)=O)[C@@H](CN1CCCC1)c1ccccc1. The van der Waals surface area contributed by atoms with Gasteiger partial charge in [0, 0.05) is 13.6 Å². The lowest BCUT2D eigenvalue weighted by Crippen LogP contribution is -2.39. The topological polar surface area (TPSA) is 69.7 Å². The van der Waals surface area contributed by atoms with Crippen molar-refractivity contribution >= 4 is 21.6 Å². The van der Waals surface area contributed by atoms with Gasteiger partial charge in [0.05, 0.1) is 24.4 Å². The minimum Gasteiger partial charge on any atom is -0.337 e. The lowest BCUT2D eigenvalue weighted by Gasteiger charge is -2.32. The van der Waals surface area contributed by atoms with Gasteiger partial charge in [-0.1, -0.05) is 48.5 Å². The first-order valence-corrected chi connectivity index (χ1v) is 11.8. The van der Waals surface area contributed by atoms with E-state index in [4.69, 9.17) is 0 Å². The number of anilines is 1. The van der Waals surface area contributed by atoms with E-state index in [9.17, 15) is 13.2 Å². The van der Waals surface area contributed by atoms with Crippen molar-refractivity contribution in [1.29, 1.82) is 0 Å². The predicted octanol–water partition coefficient (Wildman–Crippen LogP) is 2.90. The summed E-state index contributed by atoms with van der Waals surface area (Å²) in [6.07, 6.45) is 3.64. The highest BCUT2D eigenvalue weighted by atomic mass is 32.2. The largest absolute Gasteiger partial charge is 0.337 e. The molecule has 3 rings (SSSR count). The Morgan fingerprint density at radius 2 is 1.69 bits per heavy atom. The van der Waals surface area contributed by atoms with Crippen LogP contribution in [0.25, 0.3) is 0 Å². The van der Waals surface area contributed by atoms with Gasteiger partial charge >= 0.3 is 0 Å². The van der Waals surface area contributed by atoms with Crippen molar-refractivity contribution < 1.29 is 13.2 Å². The molecule has 0 spiro atoms. The molecule has 1 fully saturated rings. The van der Waals surface area contributed by atoms with Crippen LogP contribution in [-0.2, 0) is 21.2 Å². The van der Waals surface area contributed by atoms with Gasteiger partial charge in [-0.05, 0) is 43.1 Å². The van der Waals surface area contributed by atoms with E-state index in [0.29, 0.717) is 11.3 Å². The maximum Gasteiger partial charge on any atom is 0.229 e. The van der Waals surface area contributed by atoms with Gasteiger partial charge in [-0.25, -0.2) is 8.42 Å². The fourth-order valence-electron chi connectivity index (χ4n) is 3.77. The molecular weight excluding hydrogens is 386 g/mol. The van der Waals surface area contributed by atoms with Crippen molar-refractivity contribution in [2.45, 2.75) is 25.3 Å². The quantitative estimate of drug-likeness (QED) is 0.720. The third-order valence-electron chi connectivity index (χ3n) is 5.33. The number of carbonyl (C=O) groups excluding carboxylic acids is 1. The number of amides is 1. The first kappa shape index (κ1) is 21.3. The summed E-state index contributed by atoms with van der Waals surface area (Å²) in [5, 5.41) is 0. The highest BCUT2D eigenvalue weighted by molar-refractivity contribution is 7.92. The van der Waals surface area contributed by atoms with E-state index in [-0.39, 0.29) is 18.4 Å². The number of likely N-dealkylation sites (N-methyl/N-ethyl adjacent to an activating group) is 1. The summed E-state index contributed by atoms with van der Waals surface area (Å²) < 4.78 is 25.8. The Kier molecular flexibility index (Phi) is 6.92. The van der Waals surface area contributed by atoms with E-state index in [1.807, 2.05) is 31.3 Å². The molecule has 1 aliphatic heterocycles. The van der Waals surface area contributed by atoms with Crippen LogP contribution >= 0.6 is 0 Å². The molecule has 6 nitrogen and oxygen atoms in total. The molecule has 7 heteroatoms. The van der Waals surface area contributed by atoms with Crippen LogP contribution in [0.1, 0.15) is 30.0 Å². The Bertz CT molecular complexity index is 925. The molecule has 0 aliphatic carbocycles. The van der Waals surface area contributed by atoms with Gasteiger partial charge in [0.1, 0.15) is 0 Å². The van der Waals surface area contributed by atoms with E-state index >= 15 is 0 Å². The smallest absolute Gasteiger partial charge is 0.229 e. The van der Waals surface area contributed by atoms with Crippen molar-refractivity contribution in [3.05, 3.63) is 65.7 Å². The molecule has 1 N–H and O–H groups in total. The molecule has 0 saturated carbocycles. The summed E-state index contributed by atoms with van der Waals surface area (Å²) in [6.45, 7) is 2.93. The number of nitrogens with one attached hydrogen (secondary N) is 1. The summed E-state index contributed by atoms with van der Waals surface area (Å²) in [6, 6.07) is 17.1. The zero-order valence-electron chi connectivity index (χ0n) is 17.0. The Hall–Kier alpha value is -2.38. The monoisotopic (exact) mass is 415 g/mol. The number of carbonyl (C=O) groups is 1. The van der Waals surface area contributed by atoms with E-state index in [2.05, 4.69) is 21.8 Å². The Labute approximate surface area is 173 Å². The lowest BCUT2D eigenvalue weighted by atomic mass is 10.0. The van der Waals surface area contributed by atoms with Crippen LogP contribution in [-0.4, -0.2) is 57.1 Å². The predicted molar refractivity (Wildman–Crippen MR) is 116 cm³/mol. The standard InChI is InChI=1S/C22H29N3O3S/c1-24(21(17-25-14-8-9-15-25)18-10-4-3-5-11-18)22(26)16-19-12-6-7-13-20(19)23-29(2,27)28/h3-7,10-13,21,23H,8-9,14-17H2,1-2H3/t21-/m0/s1. The van der Waals surface area contributed by atoms with Gasteiger partial charge in [-0.2, -0.15) is 0 Å². The van der Waals surface area contributed by atoms with Crippen LogP contribution in [0.4, 0.5) is 5.69 Å². The lowest BCUT2D eigenvalue weighted by molar-refractivity contribution is -0.131. The molecule has 29 heavy (non-hydrogen) atoms. The van der Waals surface area contributed by atoms with Crippen molar-refractivity contribution in [3.63, 3.8) is 0 Å². The summed E-state index contributed by atoms with van der Waals surface area (Å²) >= 11 is 0. The fraction of sp³-hybridized carbons (Fsp3) is 0.409. The van der Waals surface area contributed by atoms with E-state index in [1.165, 1.54) is 12.8 Å². The van der Waals surface area contributed by atoms with Crippen molar-refractivity contribution in [2.75, 3.05) is 37.7 Å². The van der Waals surface area contributed by atoms with Gasteiger partial charge in [0.2, 0.25) is 15.9 Å². The molecule has 0 bridgehead atoms. The molecule has 1 aliphatic rings. The van der Waals surface area contributed by atoms with Crippen LogP contribution in [0.15, 0.2) is 54.6 Å². The number of hydrogen-bond donors (Lipinski definition) is 1. The average molecular weight is 416 g/mol. The molecular formula is C22H29N3O3S. The summed E-state index contributed by atoms with van der Waals surface area (Å²) in [5.41, 5.74) is 2.23. The Morgan fingerprint density at radius 1 is 1.07 bits per heavy atom. The minimum absolute atomic E-state index is 0.0409. The fourth-order valence-corrected chi connectivity index (χ4v) is 4.37. The summed E-state index contributed by atoms with van der Waals surface area (Å²) in [7, 11) is -1.58. The Morgan fingerprint density at radius 3 is 2.34 bits per heavy atom. The van der Waals surface area contributed by atoms with Gasteiger partial charge < -0.3 is 9.80 Å². The second kappa shape index (κ2) is 9.41. The molecule has 1 amide bonds. The van der Waals surface area contributed by atoms with E-state index < -0.39 is 10.0 Å². The highest BCUT2D eigenvalue weighted by Gasteiger charge is 2.26. The highest BCUT2D eigenvalue weighted by Crippen LogP contribution is 2.25. The summed E-state index contributed by atoms with van der Waals surface area (Å²) in [5.74, 6) is -0.0409. The third kappa shape index (κ3) is 6.05. The van der Waals surface area contributed by atoms with E-state index in [1.54, 1.807) is 23.1 Å². The minimum atomic E-state index is -3.41. The maximum atomic E-state index is 13.1. The van der Waals surface area contributed by atoms with Crippen LogP contribution in [0.3, 0.4) is 0 Å². The number of benzene rings is 2.